The van der Waals surface area contributed by atoms with E-state index >= 15 is 0 Å². The first kappa shape index (κ1) is 13.4. The third-order valence-electron chi connectivity index (χ3n) is 4.23. The summed E-state index contributed by atoms with van der Waals surface area (Å²) >= 11 is 0. The molecule has 3 heteroatoms. The summed E-state index contributed by atoms with van der Waals surface area (Å²) in [5, 5.41) is 7.05. The van der Waals surface area contributed by atoms with Gasteiger partial charge in [-0.2, -0.15) is 0 Å². The van der Waals surface area contributed by atoms with Crippen molar-refractivity contribution in [2.75, 3.05) is 38.5 Å². The van der Waals surface area contributed by atoms with E-state index in [0.29, 0.717) is 6.04 Å². The zero-order chi connectivity index (χ0) is 13.1. The monoisotopic (exact) mass is 247 g/mol. The number of anilines is 1. The van der Waals surface area contributed by atoms with Crippen LogP contribution in [0.3, 0.4) is 0 Å². The van der Waals surface area contributed by atoms with Crippen molar-refractivity contribution in [1.29, 1.82) is 0 Å². The smallest absolute Gasteiger partial charge is 0.0390 e. The summed E-state index contributed by atoms with van der Waals surface area (Å²) in [5.41, 5.74) is 5.42. The number of nitrogens with one attached hydrogen (secondary N) is 2. The molecule has 1 unspecified atom stereocenters. The van der Waals surface area contributed by atoms with E-state index < -0.39 is 0 Å². The lowest BCUT2D eigenvalue weighted by Gasteiger charge is -2.33. The Bertz CT molecular complexity index is 414. The maximum absolute atomic E-state index is 3.60. The molecule has 0 aliphatic carbocycles. The number of hydrogen-bond donors (Lipinski definition) is 2. The molecule has 1 aromatic carbocycles. The first-order valence-electron chi connectivity index (χ1n) is 6.81. The van der Waals surface area contributed by atoms with Gasteiger partial charge in [-0.1, -0.05) is 6.07 Å². The van der Waals surface area contributed by atoms with Crippen molar-refractivity contribution < 1.29 is 0 Å². The number of likely N-dealkylation sites (N-methyl/N-ethyl adjacent to an activating group) is 1. The van der Waals surface area contributed by atoms with Gasteiger partial charge in [0, 0.05) is 37.9 Å². The number of rotatable bonds is 3. The highest BCUT2D eigenvalue weighted by molar-refractivity contribution is 5.56. The predicted octanol–water partition coefficient (Wildman–Crippen LogP) is 1.93. The molecular formula is C15H25N3. The highest BCUT2D eigenvalue weighted by Gasteiger charge is 2.18. The van der Waals surface area contributed by atoms with Crippen LogP contribution in [0.1, 0.15) is 16.7 Å². The lowest BCUT2D eigenvalue weighted by molar-refractivity contribution is 0.209. The fraction of sp³-hybridized carbons (Fsp3) is 0.600. The molecule has 1 fully saturated rings. The second kappa shape index (κ2) is 5.72. The molecule has 1 aromatic rings. The number of hydrogen-bond acceptors (Lipinski definition) is 3. The fourth-order valence-corrected chi connectivity index (χ4v) is 2.47. The summed E-state index contributed by atoms with van der Waals surface area (Å²) < 4.78 is 0. The Hall–Kier alpha value is -1.06. The van der Waals surface area contributed by atoms with Gasteiger partial charge in [-0.05, 0) is 50.6 Å². The van der Waals surface area contributed by atoms with Gasteiger partial charge in [0.05, 0.1) is 0 Å². The van der Waals surface area contributed by atoms with Crippen molar-refractivity contribution in [2.24, 2.45) is 0 Å². The molecule has 0 bridgehead atoms. The van der Waals surface area contributed by atoms with Crippen LogP contribution in [0.15, 0.2) is 12.1 Å². The van der Waals surface area contributed by atoms with E-state index in [4.69, 9.17) is 0 Å². The van der Waals surface area contributed by atoms with Crippen molar-refractivity contribution in [3.8, 4) is 0 Å². The molecule has 1 saturated heterocycles. The fourth-order valence-electron chi connectivity index (χ4n) is 2.47. The van der Waals surface area contributed by atoms with Crippen molar-refractivity contribution in [3.05, 3.63) is 28.8 Å². The molecule has 2 N–H and O–H groups in total. The molecule has 1 atom stereocenters. The van der Waals surface area contributed by atoms with Crippen LogP contribution in [0.4, 0.5) is 5.69 Å². The van der Waals surface area contributed by atoms with Crippen molar-refractivity contribution in [3.63, 3.8) is 0 Å². The SMILES string of the molecule is Cc1ccc(NCC2CNCCN2C)c(C)c1C. The topological polar surface area (TPSA) is 27.3 Å². The summed E-state index contributed by atoms with van der Waals surface area (Å²) in [6, 6.07) is 4.99. The van der Waals surface area contributed by atoms with Crippen LogP contribution in [0, 0.1) is 20.8 Å². The van der Waals surface area contributed by atoms with E-state index in [2.05, 4.69) is 55.5 Å². The van der Waals surface area contributed by atoms with Gasteiger partial charge in [-0.3, -0.25) is 4.90 Å². The van der Waals surface area contributed by atoms with Gasteiger partial charge in [-0.25, -0.2) is 0 Å². The van der Waals surface area contributed by atoms with Gasteiger partial charge in [0.25, 0.3) is 0 Å². The first-order chi connectivity index (χ1) is 8.59. The maximum atomic E-state index is 3.60. The van der Waals surface area contributed by atoms with Gasteiger partial charge in [-0.15, -0.1) is 0 Å². The molecule has 100 valence electrons. The minimum atomic E-state index is 0.583. The van der Waals surface area contributed by atoms with Gasteiger partial charge < -0.3 is 10.6 Å². The normalized spacial score (nSPS) is 21.0. The molecule has 1 aliphatic heterocycles. The Labute approximate surface area is 111 Å². The average Bonchev–Trinajstić information content (AvgIpc) is 2.37. The van der Waals surface area contributed by atoms with Crippen LogP contribution in [0.5, 0.6) is 0 Å². The Morgan fingerprint density at radius 2 is 2.06 bits per heavy atom. The highest BCUT2D eigenvalue weighted by Crippen LogP contribution is 2.21. The van der Waals surface area contributed by atoms with Crippen molar-refractivity contribution in [2.45, 2.75) is 26.8 Å². The van der Waals surface area contributed by atoms with Crippen LogP contribution >= 0.6 is 0 Å². The summed E-state index contributed by atoms with van der Waals surface area (Å²) in [7, 11) is 2.21. The second-order valence-electron chi connectivity index (χ2n) is 5.40. The minimum absolute atomic E-state index is 0.583. The molecule has 1 aliphatic rings. The van der Waals surface area contributed by atoms with E-state index in [1.54, 1.807) is 0 Å². The molecule has 2 rings (SSSR count). The van der Waals surface area contributed by atoms with Crippen LogP contribution in [0.2, 0.25) is 0 Å². The third-order valence-corrected chi connectivity index (χ3v) is 4.23. The summed E-state index contributed by atoms with van der Waals surface area (Å²) in [6.45, 7) is 10.9. The predicted molar refractivity (Wildman–Crippen MR) is 78.4 cm³/mol. The molecule has 0 spiro atoms. The summed E-state index contributed by atoms with van der Waals surface area (Å²) in [4.78, 5) is 2.43. The van der Waals surface area contributed by atoms with Gasteiger partial charge in [0.15, 0.2) is 0 Å². The molecule has 3 nitrogen and oxygen atoms in total. The quantitative estimate of drug-likeness (QED) is 0.854. The second-order valence-corrected chi connectivity index (χ2v) is 5.40. The number of benzene rings is 1. The van der Waals surface area contributed by atoms with E-state index in [1.807, 2.05) is 0 Å². The molecule has 0 radical (unpaired) electrons. The molecule has 0 saturated carbocycles. The number of piperazine rings is 1. The zero-order valence-electron chi connectivity index (χ0n) is 12.0. The largest absolute Gasteiger partial charge is 0.383 e. The first-order valence-corrected chi connectivity index (χ1v) is 6.81. The Morgan fingerprint density at radius 1 is 1.28 bits per heavy atom. The van der Waals surface area contributed by atoms with Crippen LogP contribution < -0.4 is 10.6 Å². The van der Waals surface area contributed by atoms with Gasteiger partial charge in [0.1, 0.15) is 0 Å². The Balaban J connectivity index is 1.99. The van der Waals surface area contributed by atoms with E-state index in [1.165, 1.54) is 22.4 Å². The highest BCUT2D eigenvalue weighted by atomic mass is 15.2. The van der Waals surface area contributed by atoms with E-state index in [9.17, 15) is 0 Å². The third kappa shape index (κ3) is 2.85. The Morgan fingerprint density at radius 3 is 2.78 bits per heavy atom. The van der Waals surface area contributed by atoms with Crippen LogP contribution in [-0.2, 0) is 0 Å². The molecule has 0 amide bonds. The maximum Gasteiger partial charge on any atom is 0.0390 e. The lowest BCUT2D eigenvalue weighted by Crippen LogP contribution is -2.52. The standard InChI is InChI=1S/C15H25N3/c1-11-5-6-15(13(3)12(11)2)17-10-14-9-16-7-8-18(14)4/h5-6,14,16-17H,7-10H2,1-4H3. The molecule has 18 heavy (non-hydrogen) atoms. The zero-order valence-corrected chi connectivity index (χ0v) is 12.0. The molecule has 1 heterocycles. The molecular weight excluding hydrogens is 222 g/mol. The van der Waals surface area contributed by atoms with Crippen LogP contribution in [-0.4, -0.2) is 44.2 Å². The lowest BCUT2D eigenvalue weighted by atomic mass is 10.0. The van der Waals surface area contributed by atoms with E-state index in [-0.39, 0.29) is 0 Å². The number of nitrogens with zero attached hydrogens (tertiary/aromatic N) is 1. The average molecular weight is 247 g/mol. The van der Waals surface area contributed by atoms with Crippen molar-refractivity contribution >= 4 is 5.69 Å². The minimum Gasteiger partial charge on any atom is -0.383 e. The summed E-state index contributed by atoms with van der Waals surface area (Å²) in [5.74, 6) is 0. The van der Waals surface area contributed by atoms with Gasteiger partial charge >= 0.3 is 0 Å². The van der Waals surface area contributed by atoms with E-state index in [0.717, 1.165) is 26.2 Å². The Kier molecular flexibility index (Phi) is 4.25. The van der Waals surface area contributed by atoms with Crippen molar-refractivity contribution in [1.82, 2.24) is 10.2 Å². The molecule has 0 aromatic heterocycles. The number of aryl methyl sites for hydroxylation is 1. The van der Waals surface area contributed by atoms with Crippen LogP contribution in [0.25, 0.3) is 0 Å². The summed E-state index contributed by atoms with van der Waals surface area (Å²) in [6.07, 6.45) is 0. The van der Waals surface area contributed by atoms with Gasteiger partial charge in [0.2, 0.25) is 0 Å².